The van der Waals surface area contributed by atoms with Gasteiger partial charge >= 0.3 is 0 Å². The fourth-order valence-electron chi connectivity index (χ4n) is 4.89. The van der Waals surface area contributed by atoms with Crippen LogP contribution in [0.3, 0.4) is 0 Å². The molecule has 3 heterocycles. The van der Waals surface area contributed by atoms with Crippen LogP contribution in [0.2, 0.25) is 0 Å². The zero-order chi connectivity index (χ0) is 19.8. The molecule has 2 aliphatic rings. The van der Waals surface area contributed by atoms with Crippen LogP contribution >= 0.6 is 0 Å². The lowest BCUT2D eigenvalue weighted by Gasteiger charge is -2.22. The molecular weight excluding hydrogens is 366 g/mol. The summed E-state index contributed by atoms with van der Waals surface area (Å²) in [4.78, 5) is 10.6. The summed E-state index contributed by atoms with van der Waals surface area (Å²) in [5.41, 5.74) is 0.603. The molecule has 3 aromatic rings. The van der Waals surface area contributed by atoms with Crippen LogP contribution in [0.4, 0.5) is 0 Å². The van der Waals surface area contributed by atoms with Crippen LogP contribution in [0.25, 0.3) is 10.8 Å². The van der Waals surface area contributed by atoms with Crippen molar-refractivity contribution in [2.45, 2.75) is 25.0 Å². The fraction of sp³-hybridized carbons (Fsp3) is 0.391. The molecule has 0 spiro atoms. The van der Waals surface area contributed by atoms with Crippen LogP contribution in [-0.2, 0) is 0 Å². The second-order valence-electron chi connectivity index (χ2n) is 8.26. The summed E-state index contributed by atoms with van der Waals surface area (Å²) in [5.74, 6) is 2.28. The Morgan fingerprint density at radius 1 is 1.07 bits per heavy atom. The first-order chi connectivity index (χ1) is 14.2. The van der Waals surface area contributed by atoms with Crippen molar-refractivity contribution in [2.75, 3.05) is 19.6 Å². The van der Waals surface area contributed by atoms with E-state index in [1.807, 2.05) is 30.6 Å². The number of aliphatic hydroxyl groups excluding tert-OH is 1. The normalized spacial score (nSPS) is 25.2. The molecule has 4 atom stereocenters. The van der Waals surface area contributed by atoms with E-state index in [9.17, 15) is 10.2 Å². The molecule has 2 aromatic heterocycles. The molecule has 1 aliphatic carbocycles. The van der Waals surface area contributed by atoms with Crippen molar-refractivity contribution < 1.29 is 14.9 Å². The Kier molecular flexibility index (Phi) is 4.81. The minimum absolute atomic E-state index is 0.116. The van der Waals surface area contributed by atoms with Crippen molar-refractivity contribution in [3.05, 3.63) is 60.7 Å². The lowest BCUT2D eigenvalue weighted by atomic mass is 10.0. The molecule has 0 bridgehead atoms. The van der Waals surface area contributed by atoms with Crippen molar-refractivity contribution in [1.29, 1.82) is 0 Å². The number of fused-ring (bicyclic) bond motifs is 2. The second kappa shape index (κ2) is 7.61. The van der Waals surface area contributed by atoms with E-state index < -0.39 is 6.10 Å². The standard InChI is InChI=1S/C23H25N3O3/c27-18-4-5-21(25-11-18)22(28)14-26-12-16-8-19(9-17(16)13-26)29-23-3-1-2-15-10-24-7-6-20(15)23/h1-7,10-11,16-17,19,22,27-28H,8-9,12-14H2/t16-,17+,19?,22?. The van der Waals surface area contributed by atoms with Crippen LogP contribution < -0.4 is 4.74 Å². The maximum absolute atomic E-state index is 10.5. The van der Waals surface area contributed by atoms with E-state index in [4.69, 9.17) is 4.74 Å². The summed E-state index contributed by atoms with van der Waals surface area (Å²) in [7, 11) is 0. The summed E-state index contributed by atoms with van der Waals surface area (Å²) in [5, 5.41) is 22.0. The van der Waals surface area contributed by atoms with Gasteiger partial charge in [0.15, 0.2) is 0 Å². The Morgan fingerprint density at radius 3 is 2.66 bits per heavy atom. The van der Waals surface area contributed by atoms with Crippen molar-refractivity contribution in [3.63, 3.8) is 0 Å². The Morgan fingerprint density at radius 2 is 1.90 bits per heavy atom. The number of β-amino-alcohol motifs (C(OH)–C–C–N with tert-alkyl or cyclic N) is 1. The molecular formula is C23H25N3O3. The molecule has 1 aliphatic heterocycles. The maximum Gasteiger partial charge on any atom is 0.133 e. The first-order valence-corrected chi connectivity index (χ1v) is 10.2. The minimum Gasteiger partial charge on any atom is -0.506 e. The molecule has 6 heteroatoms. The first kappa shape index (κ1) is 18.3. The summed E-state index contributed by atoms with van der Waals surface area (Å²) in [6.07, 6.45) is 6.78. The quantitative estimate of drug-likeness (QED) is 0.696. The number of rotatable bonds is 5. The van der Waals surface area contributed by atoms with Gasteiger partial charge < -0.3 is 14.9 Å². The topological polar surface area (TPSA) is 78.7 Å². The number of pyridine rings is 2. The average molecular weight is 391 g/mol. The van der Waals surface area contributed by atoms with E-state index in [-0.39, 0.29) is 11.9 Å². The lowest BCUT2D eigenvalue weighted by Crippen LogP contribution is -2.29. The number of benzene rings is 1. The monoisotopic (exact) mass is 391 g/mol. The minimum atomic E-state index is -0.634. The zero-order valence-corrected chi connectivity index (χ0v) is 16.2. The van der Waals surface area contributed by atoms with Crippen LogP contribution in [0.1, 0.15) is 24.6 Å². The third-order valence-corrected chi connectivity index (χ3v) is 6.26. The van der Waals surface area contributed by atoms with Gasteiger partial charge in [0.25, 0.3) is 0 Å². The highest BCUT2D eigenvalue weighted by Gasteiger charge is 2.42. The van der Waals surface area contributed by atoms with E-state index in [2.05, 4.69) is 20.9 Å². The largest absolute Gasteiger partial charge is 0.506 e. The molecule has 2 fully saturated rings. The van der Waals surface area contributed by atoms with Crippen LogP contribution in [-0.4, -0.2) is 50.8 Å². The molecule has 6 nitrogen and oxygen atoms in total. The lowest BCUT2D eigenvalue weighted by molar-refractivity contribution is 0.113. The van der Waals surface area contributed by atoms with Gasteiger partial charge in [-0.2, -0.15) is 0 Å². The molecule has 0 amide bonds. The number of aliphatic hydroxyl groups is 1. The predicted molar refractivity (Wildman–Crippen MR) is 110 cm³/mol. The molecule has 2 unspecified atom stereocenters. The highest BCUT2D eigenvalue weighted by atomic mass is 16.5. The van der Waals surface area contributed by atoms with Crippen LogP contribution in [0, 0.1) is 11.8 Å². The predicted octanol–water partition coefficient (Wildman–Crippen LogP) is 3.16. The maximum atomic E-state index is 10.5. The van der Waals surface area contributed by atoms with E-state index in [0.29, 0.717) is 24.1 Å². The van der Waals surface area contributed by atoms with Crippen molar-refractivity contribution in [2.24, 2.45) is 11.8 Å². The van der Waals surface area contributed by atoms with Crippen molar-refractivity contribution >= 4 is 10.8 Å². The zero-order valence-electron chi connectivity index (χ0n) is 16.2. The smallest absolute Gasteiger partial charge is 0.133 e. The van der Waals surface area contributed by atoms with Gasteiger partial charge in [0.1, 0.15) is 17.6 Å². The molecule has 2 N–H and O–H groups in total. The molecule has 1 aromatic carbocycles. The Hall–Kier alpha value is -2.70. The van der Waals surface area contributed by atoms with Gasteiger partial charge in [0.05, 0.1) is 18.0 Å². The number of ether oxygens (including phenoxy) is 1. The van der Waals surface area contributed by atoms with Gasteiger partial charge in [0.2, 0.25) is 0 Å². The third kappa shape index (κ3) is 3.78. The van der Waals surface area contributed by atoms with E-state index >= 15 is 0 Å². The molecule has 1 saturated heterocycles. The average Bonchev–Trinajstić information content (AvgIpc) is 3.26. The molecule has 5 rings (SSSR count). The van der Waals surface area contributed by atoms with Crippen molar-refractivity contribution in [1.82, 2.24) is 14.9 Å². The van der Waals surface area contributed by atoms with Crippen molar-refractivity contribution in [3.8, 4) is 11.5 Å². The van der Waals surface area contributed by atoms with E-state index in [1.54, 1.807) is 12.1 Å². The number of hydrogen-bond acceptors (Lipinski definition) is 6. The van der Waals surface area contributed by atoms with Crippen LogP contribution in [0.5, 0.6) is 11.5 Å². The molecule has 0 radical (unpaired) electrons. The Balaban J connectivity index is 1.18. The number of hydrogen-bond donors (Lipinski definition) is 2. The summed E-state index contributed by atoms with van der Waals surface area (Å²) in [6.45, 7) is 2.55. The highest BCUT2D eigenvalue weighted by Crippen LogP contribution is 2.41. The van der Waals surface area contributed by atoms with Gasteiger partial charge in [0, 0.05) is 42.8 Å². The number of aromatic hydroxyl groups is 1. The van der Waals surface area contributed by atoms with E-state index in [0.717, 1.165) is 42.5 Å². The van der Waals surface area contributed by atoms with Gasteiger partial charge in [-0.05, 0) is 48.9 Å². The van der Waals surface area contributed by atoms with Gasteiger partial charge in [-0.1, -0.05) is 12.1 Å². The Labute approximate surface area is 169 Å². The molecule has 150 valence electrons. The summed E-state index contributed by atoms with van der Waals surface area (Å²) >= 11 is 0. The SMILES string of the molecule is Oc1ccc(C(O)CN2C[C@H]3CC(Oc4cccc5cnccc45)C[C@H]3C2)nc1. The number of nitrogens with zero attached hydrogens (tertiary/aromatic N) is 3. The highest BCUT2D eigenvalue weighted by molar-refractivity contribution is 5.87. The van der Waals surface area contributed by atoms with Crippen LogP contribution in [0.15, 0.2) is 55.0 Å². The first-order valence-electron chi connectivity index (χ1n) is 10.2. The molecule has 29 heavy (non-hydrogen) atoms. The summed E-state index contributed by atoms with van der Waals surface area (Å²) < 4.78 is 6.39. The summed E-state index contributed by atoms with van der Waals surface area (Å²) in [6, 6.07) is 11.4. The third-order valence-electron chi connectivity index (χ3n) is 6.26. The van der Waals surface area contributed by atoms with E-state index in [1.165, 1.54) is 6.20 Å². The van der Waals surface area contributed by atoms with Gasteiger partial charge in [-0.15, -0.1) is 0 Å². The number of likely N-dealkylation sites (tertiary alicyclic amines) is 1. The number of aromatic nitrogens is 2. The fourth-order valence-corrected chi connectivity index (χ4v) is 4.89. The second-order valence-corrected chi connectivity index (χ2v) is 8.26. The Bertz CT molecular complexity index is 975. The van der Waals surface area contributed by atoms with Gasteiger partial charge in [-0.3, -0.25) is 14.9 Å². The van der Waals surface area contributed by atoms with Gasteiger partial charge in [-0.25, -0.2) is 0 Å². The molecule has 1 saturated carbocycles.